The molecule has 0 unspecified atom stereocenters. The van der Waals surface area contributed by atoms with Crippen molar-refractivity contribution >= 4 is 5.69 Å². The van der Waals surface area contributed by atoms with Crippen molar-refractivity contribution in [3.05, 3.63) is 59.2 Å². The van der Waals surface area contributed by atoms with E-state index in [2.05, 4.69) is 10.3 Å². The summed E-state index contributed by atoms with van der Waals surface area (Å²) in [5.74, 6) is -0.176. The van der Waals surface area contributed by atoms with Gasteiger partial charge < -0.3 is 5.32 Å². The minimum absolute atomic E-state index is 0.176. The maximum atomic E-state index is 13.1. The highest BCUT2D eigenvalue weighted by molar-refractivity contribution is 5.46. The average molecular weight is 230 g/mol. The van der Waals surface area contributed by atoms with Gasteiger partial charge in [-0.2, -0.15) is 0 Å². The van der Waals surface area contributed by atoms with E-state index in [-0.39, 0.29) is 5.82 Å². The number of hydrogen-bond acceptors (Lipinski definition) is 2. The number of halogens is 1. The molecule has 1 aromatic heterocycles. The van der Waals surface area contributed by atoms with E-state index in [9.17, 15) is 4.39 Å². The molecule has 2 nitrogen and oxygen atoms in total. The Morgan fingerprint density at radius 3 is 2.71 bits per heavy atom. The molecular formula is C14H15FN2. The summed E-state index contributed by atoms with van der Waals surface area (Å²) in [6, 6.07) is 8.96. The van der Waals surface area contributed by atoms with E-state index in [0.717, 1.165) is 16.9 Å². The molecule has 88 valence electrons. The molecule has 0 radical (unpaired) electrons. The third-order valence-electron chi connectivity index (χ3n) is 2.74. The summed E-state index contributed by atoms with van der Waals surface area (Å²) in [5.41, 5.74) is 3.72. The summed E-state index contributed by atoms with van der Waals surface area (Å²) >= 11 is 0. The van der Waals surface area contributed by atoms with Gasteiger partial charge in [0.2, 0.25) is 0 Å². The Bertz CT molecular complexity index is 523. The van der Waals surface area contributed by atoms with Crippen LogP contribution in [0.25, 0.3) is 0 Å². The summed E-state index contributed by atoms with van der Waals surface area (Å²) in [7, 11) is 0. The number of rotatable bonds is 3. The van der Waals surface area contributed by atoms with E-state index < -0.39 is 0 Å². The summed E-state index contributed by atoms with van der Waals surface area (Å²) in [6.07, 6.45) is 1.78. The van der Waals surface area contributed by atoms with Crippen LogP contribution in [-0.2, 0) is 6.54 Å². The number of nitrogens with zero attached hydrogens (tertiary/aromatic N) is 1. The van der Waals surface area contributed by atoms with E-state index in [4.69, 9.17) is 0 Å². The van der Waals surface area contributed by atoms with Crippen LogP contribution in [0.15, 0.2) is 36.5 Å². The molecule has 0 saturated heterocycles. The molecule has 1 aromatic carbocycles. The monoisotopic (exact) mass is 230 g/mol. The van der Waals surface area contributed by atoms with Crippen molar-refractivity contribution < 1.29 is 4.39 Å². The zero-order valence-electron chi connectivity index (χ0n) is 10.00. The van der Waals surface area contributed by atoms with Crippen molar-refractivity contribution in [2.24, 2.45) is 0 Å². The third-order valence-corrected chi connectivity index (χ3v) is 2.74. The second-order valence-electron chi connectivity index (χ2n) is 4.08. The highest BCUT2D eigenvalue weighted by Gasteiger charge is 2.01. The molecule has 17 heavy (non-hydrogen) atoms. The summed E-state index contributed by atoms with van der Waals surface area (Å²) in [6.45, 7) is 4.43. The van der Waals surface area contributed by atoms with Gasteiger partial charge in [-0.05, 0) is 49.2 Å². The predicted molar refractivity (Wildman–Crippen MR) is 67.4 cm³/mol. The number of nitrogens with one attached hydrogen (secondary N) is 1. The molecule has 0 atom stereocenters. The fraction of sp³-hybridized carbons (Fsp3) is 0.214. The molecule has 0 bridgehead atoms. The standard InChI is InChI=1S/C14H15FN2/c1-10-4-3-7-16-14(10)9-17-12-5-6-13(15)11(2)8-12/h3-8,17H,9H2,1-2H3. The average Bonchev–Trinajstić information content (AvgIpc) is 2.32. The van der Waals surface area contributed by atoms with Gasteiger partial charge in [0.05, 0.1) is 12.2 Å². The van der Waals surface area contributed by atoms with Crippen LogP contribution in [0.4, 0.5) is 10.1 Å². The molecule has 2 rings (SSSR count). The van der Waals surface area contributed by atoms with Crippen LogP contribution < -0.4 is 5.32 Å². The number of anilines is 1. The first-order valence-corrected chi connectivity index (χ1v) is 5.57. The van der Waals surface area contributed by atoms with Gasteiger partial charge in [-0.25, -0.2) is 4.39 Å². The lowest BCUT2D eigenvalue weighted by molar-refractivity contribution is 0.618. The van der Waals surface area contributed by atoms with Crippen molar-refractivity contribution in [1.82, 2.24) is 4.98 Å². The molecule has 1 heterocycles. The van der Waals surface area contributed by atoms with Gasteiger partial charge in [-0.15, -0.1) is 0 Å². The van der Waals surface area contributed by atoms with Crippen LogP contribution >= 0.6 is 0 Å². The molecule has 0 aliphatic carbocycles. The van der Waals surface area contributed by atoms with Crippen LogP contribution in [-0.4, -0.2) is 4.98 Å². The lowest BCUT2D eigenvalue weighted by atomic mass is 10.2. The van der Waals surface area contributed by atoms with Gasteiger partial charge in [0.15, 0.2) is 0 Å². The van der Waals surface area contributed by atoms with Gasteiger partial charge in [0, 0.05) is 11.9 Å². The van der Waals surface area contributed by atoms with Crippen LogP contribution in [0.2, 0.25) is 0 Å². The zero-order chi connectivity index (χ0) is 12.3. The Morgan fingerprint density at radius 2 is 2.00 bits per heavy atom. The quantitative estimate of drug-likeness (QED) is 0.873. The molecule has 0 fully saturated rings. The lowest BCUT2D eigenvalue weighted by Crippen LogP contribution is -2.03. The first-order chi connectivity index (χ1) is 8.16. The SMILES string of the molecule is Cc1cc(NCc2ncccc2C)ccc1F. The molecule has 0 aliphatic heterocycles. The fourth-order valence-corrected chi connectivity index (χ4v) is 1.64. The molecule has 2 aromatic rings. The topological polar surface area (TPSA) is 24.9 Å². The first-order valence-electron chi connectivity index (χ1n) is 5.57. The molecule has 1 N–H and O–H groups in total. The Balaban J connectivity index is 2.08. The van der Waals surface area contributed by atoms with Gasteiger partial charge >= 0.3 is 0 Å². The lowest BCUT2D eigenvalue weighted by Gasteiger charge is -2.08. The van der Waals surface area contributed by atoms with E-state index in [1.54, 1.807) is 25.3 Å². The van der Waals surface area contributed by atoms with Crippen LogP contribution in [0.3, 0.4) is 0 Å². The highest BCUT2D eigenvalue weighted by atomic mass is 19.1. The Hall–Kier alpha value is -1.90. The van der Waals surface area contributed by atoms with Crippen molar-refractivity contribution in [1.29, 1.82) is 0 Å². The summed E-state index contributed by atoms with van der Waals surface area (Å²) in [4.78, 5) is 4.30. The van der Waals surface area contributed by atoms with Crippen LogP contribution in [0.5, 0.6) is 0 Å². The van der Waals surface area contributed by atoms with Crippen LogP contribution in [0, 0.1) is 19.7 Å². The third kappa shape index (κ3) is 2.81. The maximum Gasteiger partial charge on any atom is 0.126 e. The van der Waals surface area contributed by atoms with Crippen LogP contribution in [0.1, 0.15) is 16.8 Å². The highest BCUT2D eigenvalue weighted by Crippen LogP contribution is 2.15. The molecule has 0 spiro atoms. The number of aryl methyl sites for hydroxylation is 2. The minimum Gasteiger partial charge on any atom is -0.379 e. The molecule has 0 saturated carbocycles. The van der Waals surface area contributed by atoms with E-state index in [0.29, 0.717) is 12.1 Å². The first kappa shape index (κ1) is 11.6. The van der Waals surface area contributed by atoms with Crippen molar-refractivity contribution in [3.63, 3.8) is 0 Å². The smallest absolute Gasteiger partial charge is 0.126 e. The molecule has 0 amide bonds. The second kappa shape index (κ2) is 4.95. The van der Waals surface area contributed by atoms with Crippen molar-refractivity contribution in [2.75, 3.05) is 5.32 Å². The molecular weight excluding hydrogens is 215 g/mol. The second-order valence-corrected chi connectivity index (χ2v) is 4.08. The van der Waals surface area contributed by atoms with Gasteiger partial charge in [-0.3, -0.25) is 4.98 Å². The summed E-state index contributed by atoms with van der Waals surface area (Å²) in [5, 5.41) is 3.24. The predicted octanol–water partition coefficient (Wildman–Crippen LogP) is 3.45. The van der Waals surface area contributed by atoms with Crippen molar-refractivity contribution in [2.45, 2.75) is 20.4 Å². The van der Waals surface area contributed by atoms with Gasteiger partial charge in [0.1, 0.15) is 5.82 Å². The Labute approximate surface area is 101 Å². The molecule has 0 aliphatic rings. The molecule has 3 heteroatoms. The number of hydrogen-bond donors (Lipinski definition) is 1. The van der Waals surface area contributed by atoms with Gasteiger partial charge in [0.25, 0.3) is 0 Å². The maximum absolute atomic E-state index is 13.1. The van der Waals surface area contributed by atoms with E-state index in [1.807, 2.05) is 19.1 Å². The summed E-state index contributed by atoms with van der Waals surface area (Å²) < 4.78 is 13.1. The number of benzene rings is 1. The van der Waals surface area contributed by atoms with Crippen molar-refractivity contribution in [3.8, 4) is 0 Å². The zero-order valence-corrected chi connectivity index (χ0v) is 10.00. The van der Waals surface area contributed by atoms with Gasteiger partial charge in [-0.1, -0.05) is 6.07 Å². The fourth-order valence-electron chi connectivity index (χ4n) is 1.64. The van der Waals surface area contributed by atoms with E-state index >= 15 is 0 Å². The largest absolute Gasteiger partial charge is 0.379 e. The Morgan fingerprint density at radius 1 is 1.18 bits per heavy atom. The normalized spacial score (nSPS) is 10.3. The Kier molecular flexibility index (Phi) is 3.38. The minimum atomic E-state index is -0.176. The number of pyridine rings is 1. The van der Waals surface area contributed by atoms with E-state index in [1.165, 1.54) is 6.07 Å². The number of aromatic nitrogens is 1.